The highest BCUT2D eigenvalue weighted by Crippen LogP contribution is 2.55. The van der Waals surface area contributed by atoms with Crippen LogP contribution in [0.3, 0.4) is 0 Å². The molecule has 4 aromatic rings. The highest BCUT2D eigenvalue weighted by molar-refractivity contribution is 5.86. The van der Waals surface area contributed by atoms with Crippen LogP contribution in [0.1, 0.15) is 136 Å². The van der Waals surface area contributed by atoms with Gasteiger partial charge in [0, 0.05) is 16.5 Å². The monoisotopic (exact) mass is 578 g/mol. The Kier molecular flexibility index (Phi) is 10.5. The number of carbonyl (C=O) groups excluding carboxylic acids is 2. The van der Waals surface area contributed by atoms with Crippen molar-refractivity contribution in [3.63, 3.8) is 0 Å². The molecule has 2 aromatic heterocycles. The molecule has 4 nitrogen and oxygen atoms in total. The molecular weight excluding hydrogens is 532 g/mol. The summed E-state index contributed by atoms with van der Waals surface area (Å²) in [6, 6.07) is 20.7. The molecule has 4 heteroatoms. The van der Waals surface area contributed by atoms with Crippen molar-refractivity contribution in [2.45, 2.75) is 109 Å². The molecule has 0 atom stereocenters. The quantitative estimate of drug-likeness (QED) is 0.0870. The van der Waals surface area contributed by atoms with Crippen molar-refractivity contribution in [3.05, 3.63) is 83.3 Å². The van der Waals surface area contributed by atoms with Crippen LogP contribution in [0.4, 0.5) is 0 Å². The number of rotatable bonds is 18. The number of carbonyl (C=O) groups is 2. The molecule has 1 aliphatic carbocycles. The van der Waals surface area contributed by atoms with Gasteiger partial charge in [-0.25, -0.2) is 0 Å². The number of fused-ring (bicyclic) bond motifs is 3. The summed E-state index contributed by atoms with van der Waals surface area (Å²) in [5, 5.41) is 0. The second-order valence-corrected chi connectivity index (χ2v) is 12.3. The van der Waals surface area contributed by atoms with Gasteiger partial charge in [-0.15, -0.1) is 0 Å². The first-order valence-electron chi connectivity index (χ1n) is 16.5. The van der Waals surface area contributed by atoms with E-state index in [0.29, 0.717) is 11.5 Å². The molecule has 1 aliphatic rings. The SMILES string of the molecule is CCCCCCCCC1(CCCCCCCC)c2cc(-c3ccc(C=O)o3)ccc2-c2ccc(-c3ccc(C=O)o3)cc21. The van der Waals surface area contributed by atoms with Crippen LogP contribution in [0.15, 0.2) is 69.5 Å². The minimum Gasteiger partial charge on any atom is -0.453 e. The summed E-state index contributed by atoms with van der Waals surface area (Å²) in [7, 11) is 0. The minimum atomic E-state index is -0.119. The van der Waals surface area contributed by atoms with Crippen molar-refractivity contribution < 1.29 is 18.4 Å². The van der Waals surface area contributed by atoms with Gasteiger partial charge in [-0.2, -0.15) is 0 Å². The summed E-state index contributed by atoms with van der Waals surface area (Å²) in [6.45, 7) is 4.54. The third-order valence-corrected chi connectivity index (χ3v) is 9.33. The standard InChI is InChI=1S/C39H46O4/c1-3-5-7-9-11-13-23-39(24-14-12-10-8-6-4-2)35-25-29(37-21-17-31(27-40)42-37)15-19-33(35)34-20-16-30(26-36(34)39)38-22-18-32(28-41)43-38/h15-22,25-28H,3-14,23-24H2,1-2H3. The summed E-state index contributed by atoms with van der Waals surface area (Å²) < 4.78 is 11.8. The van der Waals surface area contributed by atoms with E-state index in [4.69, 9.17) is 8.83 Å². The Morgan fingerprint density at radius 2 is 0.953 bits per heavy atom. The number of furan rings is 2. The van der Waals surface area contributed by atoms with Gasteiger partial charge in [-0.1, -0.05) is 115 Å². The van der Waals surface area contributed by atoms with Gasteiger partial charge in [0.1, 0.15) is 11.5 Å². The van der Waals surface area contributed by atoms with Gasteiger partial charge in [-0.05, 0) is 71.5 Å². The van der Waals surface area contributed by atoms with E-state index in [2.05, 4.69) is 50.2 Å². The molecule has 226 valence electrons. The molecule has 43 heavy (non-hydrogen) atoms. The Morgan fingerprint density at radius 1 is 0.535 bits per heavy atom. The molecular formula is C39H46O4. The normalized spacial score (nSPS) is 13.2. The van der Waals surface area contributed by atoms with E-state index in [0.717, 1.165) is 48.1 Å². The molecule has 0 spiro atoms. The Morgan fingerprint density at radius 3 is 1.35 bits per heavy atom. The van der Waals surface area contributed by atoms with Crippen molar-refractivity contribution in [1.29, 1.82) is 0 Å². The summed E-state index contributed by atoms with van der Waals surface area (Å²) in [5.74, 6) is 2.15. The first-order valence-corrected chi connectivity index (χ1v) is 16.5. The third-order valence-electron chi connectivity index (χ3n) is 9.33. The zero-order valence-corrected chi connectivity index (χ0v) is 26.0. The predicted octanol–water partition coefficient (Wildman–Crippen LogP) is 11.6. The van der Waals surface area contributed by atoms with Gasteiger partial charge < -0.3 is 8.83 Å². The van der Waals surface area contributed by atoms with Crippen molar-refractivity contribution in [3.8, 4) is 33.8 Å². The maximum atomic E-state index is 11.4. The fourth-order valence-electron chi connectivity index (χ4n) is 7.02. The molecule has 0 unspecified atom stereocenters. The first-order chi connectivity index (χ1) is 21.1. The number of hydrogen-bond acceptors (Lipinski definition) is 4. The molecule has 5 rings (SSSR count). The topological polar surface area (TPSA) is 60.4 Å². The minimum absolute atomic E-state index is 0.119. The molecule has 0 amide bonds. The van der Waals surface area contributed by atoms with Crippen LogP contribution in [0.2, 0.25) is 0 Å². The lowest BCUT2D eigenvalue weighted by atomic mass is 9.70. The molecule has 0 saturated heterocycles. The Balaban J connectivity index is 1.56. The highest BCUT2D eigenvalue weighted by Gasteiger charge is 2.42. The second-order valence-electron chi connectivity index (χ2n) is 12.3. The highest BCUT2D eigenvalue weighted by atomic mass is 16.3. The Bertz CT molecular complexity index is 1390. The van der Waals surface area contributed by atoms with E-state index in [-0.39, 0.29) is 5.41 Å². The van der Waals surface area contributed by atoms with E-state index < -0.39 is 0 Å². The van der Waals surface area contributed by atoms with Crippen molar-refractivity contribution in [2.24, 2.45) is 0 Å². The lowest BCUT2D eigenvalue weighted by Gasteiger charge is -2.33. The van der Waals surface area contributed by atoms with Gasteiger partial charge in [-0.3, -0.25) is 9.59 Å². The van der Waals surface area contributed by atoms with Gasteiger partial charge >= 0.3 is 0 Å². The average Bonchev–Trinajstić information content (AvgIpc) is 3.78. The van der Waals surface area contributed by atoms with Crippen LogP contribution < -0.4 is 0 Å². The van der Waals surface area contributed by atoms with Crippen LogP contribution in [0.25, 0.3) is 33.8 Å². The zero-order chi connectivity index (χ0) is 30.1. The summed E-state index contributed by atoms with van der Waals surface area (Å²) >= 11 is 0. The molecule has 0 bridgehead atoms. The Labute approximate surface area is 256 Å². The molecule has 0 fully saturated rings. The summed E-state index contributed by atoms with van der Waals surface area (Å²) in [4.78, 5) is 22.7. The van der Waals surface area contributed by atoms with Gasteiger partial charge in [0.15, 0.2) is 24.1 Å². The zero-order valence-electron chi connectivity index (χ0n) is 26.0. The number of hydrogen-bond donors (Lipinski definition) is 0. The van der Waals surface area contributed by atoms with Crippen molar-refractivity contribution >= 4 is 12.6 Å². The molecule has 2 aromatic carbocycles. The fraction of sp³-hybridized carbons (Fsp3) is 0.436. The molecule has 0 N–H and O–H groups in total. The molecule has 0 radical (unpaired) electrons. The maximum Gasteiger partial charge on any atom is 0.185 e. The number of benzene rings is 2. The van der Waals surface area contributed by atoms with Crippen LogP contribution in [-0.4, -0.2) is 12.6 Å². The summed E-state index contributed by atoms with van der Waals surface area (Å²) in [6.07, 6.45) is 18.8. The van der Waals surface area contributed by atoms with Crippen LogP contribution in [0.5, 0.6) is 0 Å². The number of aldehydes is 2. The van der Waals surface area contributed by atoms with Crippen LogP contribution in [0, 0.1) is 0 Å². The summed E-state index contributed by atoms with van der Waals surface area (Å²) in [5.41, 5.74) is 7.23. The van der Waals surface area contributed by atoms with Crippen molar-refractivity contribution in [1.82, 2.24) is 0 Å². The predicted molar refractivity (Wildman–Crippen MR) is 175 cm³/mol. The Hall–Kier alpha value is -3.66. The molecule has 2 heterocycles. The fourth-order valence-corrected chi connectivity index (χ4v) is 7.02. The lowest BCUT2D eigenvalue weighted by Crippen LogP contribution is -2.25. The van der Waals surface area contributed by atoms with Crippen LogP contribution >= 0.6 is 0 Å². The average molecular weight is 579 g/mol. The third kappa shape index (κ3) is 6.79. The number of unbranched alkanes of at least 4 members (excludes halogenated alkanes) is 10. The van der Waals surface area contributed by atoms with Gasteiger partial charge in [0.05, 0.1) is 0 Å². The van der Waals surface area contributed by atoms with E-state index in [9.17, 15) is 9.59 Å². The smallest absolute Gasteiger partial charge is 0.185 e. The van der Waals surface area contributed by atoms with E-state index in [1.165, 1.54) is 99.3 Å². The van der Waals surface area contributed by atoms with Crippen molar-refractivity contribution in [2.75, 3.05) is 0 Å². The van der Waals surface area contributed by atoms with E-state index in [1.54, 1.807) is 12.1 Å². The molecule has 0 aliphatic heterocycles. The lowest BCUT2D eigenvalue weighted by molar-refractivity contribution is 0.109. The second kappa shape index (κ2) is 14.7. The van der Waals surface area contributed by atoms with E-state index >= 15 is 0 Å². The first kappa shape index (κ1) is 30.8. The van der Waals surface area contributed by atoms with E-state index in [1.807, 2.05) is 12.1 Å². The largest absolute Gasteiger partial charge is 0.453 e. The van der Waals surface area contributed by atoms with Gasteiger partial charge in [0.25, 0.3) is 0 Å². The molecule has 0 saturated carbocycles. The maximum absolute atomic E-state index is 11.4. The van der Waals surface area contributed by atoms with Gasteiger partial charge in [0.2, 0.25) is 0 Å². The van der Waals surface area contributed by atoms with Crippen LogP contribution in [-0.2, 0) is 5.41 Å².